The van der Waals surface area contributed by atoms with Crippen molar-refractivity contribution in [3.8, 4) is 5.88 Å². The quantitative estimate of drug-likeness (QED) is 0.817. The van der Waals surface area contributed by atoms with Crippen molar-refractivity contribution in [1.82, 2.24) is 14.3 Å². The second kappa shape index (κ2) is 5.99. The second-order valence-electron chi connectivity index (χ2n) is 6.62. The molecule has 0 aliphatic carbocycles. The predicted molar refractivity (Wildman–Crippen MR) is 84.7 cm³/mol. The Bertz CT molecular complexity index is 671. The van der Waals surface area contributed by atoms with Gasteiger partial charge in [-0.05, 0) is 20.8 Å². The summed E-state index contributed by atoms with van der Waals surface area (Å²) in [5, 5.41) is -0.405. The van der Waals surface area contributed by atoms with E-state index in [1.165, 1.54) is 4.31 Å². The Balaban J connectivity index is 1.62. The molecule has 2 saturated heterocycles. The molecule has 128 valence electrons. The first-order valence-corrected chi connectivity index (χ1v) is 9.39. The van der Waals surface area contributed by atoms with Gasteiger partial charge in [0.15, 0.2) is 0 Å². The molecule has 1 aromatic rings. The van der Waals surface area contributed by atoms with E-state index in [4.69, 9.17) is 9.47 Å². The Kier molecular flexibility index (Phi) is 4.33. The van der Waals surface area contributed by atoms with E-state index in [-0.39, 0.29) is 6.10 Å². The minimum atomic E-state index is -3.21. The lowest BCUT2D eigenvalue weighted by Gasteiger charge is -2.52. The van der Waals surface area contributed by atoms with Gasteiger partial charge in [0.2, 0.25) is 15.9 Å². The van der Waals surface area contributed by atoms with Crippen molar-refractivity contribution < 1.29 is 17.9 Å². The highest BCUT2D eigenvalue weighted by Gasteiger charge is 2.52. The molecule has 0 N–H and O–H groups in total. The molecule has 2 aliphatic rings. The number of sulfonamides is 1. The van der Waals surface area contributed by atoms with Crippen molar-refractivity contribution in [3.63, 3.8) is 0 Å². The molecule has 0 saturated carbocycles. The zero-order chi connectivity index (χ0) is 16.7. The van der Waals surface area contributed by atoms with Crippen LogP contribution < -0.4 is 4.74 Å². The van der Waals surface area contributed by atoms with Crippen LogP contribution in [-0.4, -0.2) is 59.3 Å². The lowest BCUT2D eigenvalue weighted by atomic mass is 9.86. The molecule has 0 aromatic carbocycles. The fraction of sp³-hybridized carbons (Fsp3) is 0.733. The molecule has 7 nitrogen and oxygen atoms in total. The molecule has 1 aromatic heterocycles. The first-order chi connectivity index (χ1) is 10.8. The van der Waals surface area contributed by atoms with E-state index >= 15 is 0 Å². The average molecular weight is 341 g/mol. The molecule has 2 fully saturated rings. The van der Waals surface area contributed by atoms with Gasteiger partial charge >= 0.3 is 0 Å². The van der Waals surface area contributed by atoms with Crippen molar-refractivity contribution in [1.29, 1.82) is 0 Å². The van der Waals surface area contributed by atoms with Crippen LogP contribution in [0.1, 0.15) is 32.4 Å². The predicted octanol–water partition coefficient (Wildman–Crippen LogP) is 1.14. The monoisotopic (exact) mass is 341 g/mol. The topological polar surface area (TPSA) is 81.6 Å². The highest BCUT2D eigenvalue weighted by Crippen LogP contribution is 2.37. The highest BCUT2D eigenvalue weighted by molar-refractivity contribution is 7.89. The van der Waals surface area contributed by atoms with Crippen molar-refractivity contribution in [3.05, 3.63) is 18.1 Å². The summed E-state index contributed by atoms with van der Waals surface area (Å²) < 4.78 is 37.6. The molecular weight excluding hydrogens is 318 g/mol. The van der Waals surface area contributed by atoms with Crippen LogP contribution in [0.15, 0.2) is 12.4 Å². The van der Waals surface area contributed by atoms with Crippen LogP contribution in [0.5, 0.6) is 5.88 Å². The van der Waals surface area contributed by atoms with Gasteiger partial charge in [0.05, 0.1) is 29.3 Å². The lowest BCUT2D eigenvalue weighted by molar-refractivity contribution is -0.165. The molecular formula is C15H23N3O4S. The molecule has 3 rings (SSSR count). The molecule has 1 spiro atoms. The third kappa shape index (κ3) is 3.34. The van der Waals surface area contributed by atoms with Crippen LogP contribution in [0.4, 0.5) is 0 Å². The number of hydrogen-bond donors (Lipinski definition) is 0. The number of rotatable bonds is 4. The van der Waals surface area contributed by atoms with Gasteiger partial charge in [0, 0.05) is 32.1 Å². The number of ether oxygens (including phenoxy) is 2. The maximum atomic E-state index is 12.2. The summed E-state index contributed by atoms with van der Waals surface area (Å²) in [5.74, 6) is 0.512. The van der Waals surface area contributed by atoms with Crippen molar-refractivity contribution >= 4 is 10.0 Å². The molecule has 2 aliphatic heterocycles. The van der Waals surface area contributed by atoms with Crippen LogP contribution in [0.3, 0.4) is 0 Å². The Morgan fingerprint density at radius 3 is 2.78 bits per heavy atom. The van der Waals surface area contributed by atoms with Crippen LogP contribution in [0, 0.1) is 6.92 Å². The van der Waals surface area contributed by atoms with E-state index in [1.807, 2.05) is 6.92 Å². The average Bonchev–Trinajstić information content (AvgIpc) is 2.44. The minimum Gasteiger partial charge on any atom is -0.473 e. The van der Waals surface area contributed by atoms with Crippen molar-refractivity contribution in [2.24, 2.45) is 0 Å². The van der Waals surface area contributed by atoms with E-state index in [9.17, 15) is 8.42 Å². The Morgan fingerprint density at radius 1 is 1.39 bits per heavy atom. The normalized spacial score (nSPS) is 24.6. The van der Waals surface area contributed by atoms with Gasteiger partial charge in [-0.15, -0.1) is 0 Å². The molecule has 0 amide bonds. The summed E-state index contributed by atoms with van der Waals surface area (Å²) in [7, 11) is -3.21. The van der Waals surface area contributed by atoms with Crippen LogP contribution in [-0.2, 0) is 14.8 Å². The van der Waals surface area contributed by atoms with E-state index < -0.39 is 20.9 Å². The number of aromatic nitrogens is 2. The maximum absolute atomic E-state index is 12.2. The standard InChI is InChI=1S/C15H23N3O4S/c1-11(2)23(19,20)18-9-15(10-18)6-13(4-5-21-15)22-14-8-16-7-12(3)17-14/h7-8,11,13H,4-6,9-10H2,1-3H3/t13-/m1/s1. The third-order valence-electron chi connectivity index (χ3n) is 4.35. The van der Waals surface area contributed by atoms with Gasteiger partial charge in [-0.1, -0.05) is 0 Å². The molecule has 0 unspecified atom stereocenters. The van der Waals surface area contributed by atoms with Gasteiger partial charge < -0.3 is 9.47 Å². The smallest absolute Gasteiger partial charge is 0.232 e. The van der Waals surface area contributed by atoms with Crippen LogP contribution >= 0.6 is 0 Å². The zero-order valence-corrected chi connectivity index (χ0v) is 14.5. The van der Waals surface area contributed by atoms with Crippen molar-refractivity contribution in [2.45, 2.75) is 50.6 Å². The van der Waals surface area contributed by atoms with E-state index in [2.05, 4.69) is 9.97 Å². The summed E-state index contributed by atoms with van der Waals surface area (Å²) in [4.78, 5) is 8.38. The second-order valence-corrected chi connectivity index (χ2v) is 9.11. The maximum Gasteiger partial charge on any atom is 0.232 e. The first-order valence-electron chi connectivity index (χ1n) is 7.89. The summed E-state index contributed by atoms with van der Waals surface area (Å²) in [6, 6.07) is 0. The summed E-state index contributed by atoms with van der Waals surface area (Å²) in [5.41, 5.74) is 0.393. The summed E-state index contributed by atoms with van der Waals surface area (Å²) >= 11 is 0. The van der Waals surface area contributed by atoms with Crippen molar-refractivity contribution in [2.75, 3.05) is 19.7 Å². The fourth-order valence-corrected chi connectivity index (χ4v) is 4.47. The minimum absolute atomic E-state index is 0.0243. The van der Waals surface area contributed by atoms with E-state index in [1.54, 1.807) is 26.2 Å². The van der Waals surface area contributed by atoms with Gasteiger partial charge in [-0.3, -0.25) is 4.98 Å². The molecule has 8 heteroatoms. The number of aryl methyl sites for hydroxylation is 1. The largest absolute Gasteiger partial charge is 0.473 e. The molecule has 0 radical (unpaired) electrons. The number of hydrogen-bond acceptors (Lipinski definition) is 6. The summed E-state index contributed by atoms with van der Waals surface area (Å²) in [6.45, 7) is 6.65. The number of nitrogens with zero attached hydrogens (tertiary/aromatic N) is 3. The zero-order valence-electron chi connectivity index (χ0n) is 13.7. The van der Waals surface area contributed by atoms with Gasteiger partial charge in [-0.25, -0.2) is 13.4 Å². The van der Waals surface area contributed by atoms with E-state index in [0.717, 1.165) is 12.1 Å². The molecule has 1 atom stereocenters. The Morgan fingerprint density at radius 2 is 2.13 bits per heavy atom. The van der Waals surface area contributed by atoms with E-state index in [0.29, 0.717) is 32.0 Å². The Labute approximate surface area is 137 Å². The SMILES string of the molecule is Cc1cncc(O[C@@H]2CCOC3(C2)CN(S(=O)(=O)C(C)C)C3)n1. The van der Waals surface area contributed by atoms with Gasteiger partial charge in [0.1, 0.15) is 6.10 Å². The van der Waals surface area contributed by atoms with Gasteiger partial charge in [0.25, 0.3) is 0 Å². The highest BCUT2D eigenvalue weighted by atomic mass is 32.2. The fourth-order valence-electron chi connectivity index (χ4n) is 3.05. The van der Waals surface area contributed by atoms with Crippen LogP contribution in [0.2, 0.25) is 0 Å². The summed E-state index contributed by atoms with van der Waals surface area (Å²) in [6.07, 6.45) is 4.70. The molecule has 3 heterocycles. The molecule has 0 bridgehead atoms. The van der Waals surface area contributed by atoms with Gasteiger partial charge in [-0.2, -0.15) is 4.31 Å². The first kappa shape index (κ1) is 16.6. The lowest BCUT2D eigenvalue weighted by Crippen LogP contribution is -2.68. The van der Waals surface area contributed by atoms with Crippen LogP contribution in [0.25, 0.3) is 0 Å². The third-order valence-corrected chi connectivity index (χ3v) is 6.52. The Hall–Kier alpha value is -1.25. The molecule has 23 heavy (non-hydrogen) atoms.